The summed E-state index contributed by atoms with van der Waals surface area (Å²) < 4.78 is 0. The number of anilines is 1. The fourth-order valence-corrected chi connectivity index (χ4v) is 1.20. The summed E-state index contributed by atoms with van der Waals surface area (Å²) in [5.41, 5.74) is 0.621. The molecule has 0 radical (unpaired) electrons. The lowest BCUT2D eigenvalue weighted by molar-refractivity contribution is 0.0828. The largest absolute Gasteiger partial charge is 0.369 e. The third-order valence-electron chi connectivity index (χ3n) is 1.99. The van der Waals surface area contributed by atoms with Gasteiger partial charge in [0.2, 0.25) is 0 Å². The van der Waals surface area contributed by atoms with Crippen LogP contribution in [0.3, 0.4) is 0 Å². The molecule has 0 bridgehead atoms. The molecular weight excluding hydrogens is 190 g/mol. The molecule has 1 rings (SSSR count). The highest BCUT2D eigenvalue weighted by atomic mass is 16.2. The van der Waals surface area contributed by atoms with E-state index in [1.807, 2.05) is 0 Å². The number of pyridine rings is 1. The third kappa shape index (κ3) is 2.94. The standard InChI is InChI=1S/C11H17N3O/c1-4-7-12-10-9(6-5-8-13-10)11(15)14(2)3/h5-6,8H,4,7H2,1-3H3,(H,12,13). The molecule has 0 unspecified atom stereocenters. The number of hydrogen-bond acceptors (Lipinski definition) is 3. The molecule has 0 saturated carbocycles. The van der Waals surface area contributed by atoms with Crippen molar-refractivity contribution in [2.75, 3.05) is 26.0 Å². The van der Waals surface area contributed by atoms with Crippen molar-refractivity contribution in [3.05, 3.63) is 23.9 Å². The number of aromatic nitrogens is 1. The topological polar surface area (TPSA) is 45.2 Å². The van der Waals surface area contributed by atoms with Crippen LogP contribution in [0.5, 0.6) is 0 Å². The second-order valence-corrected chi connectivity index (χ2v) is 3.53. The summed E-state index contributed by atoms with van der Waals surface area (Å²) >= 11 is 0. The van der Waals surface area contributed by atoms with Crippen molar-refractivity contribution in [3.8, 4) is 0 Å². The van der Waals surface area contributed by atoms with Gasteiger partial charge in [-0.25, -0.2) is 4.98 Å². The van der Waals surface area contributed by atoms with Gasteiger partial charge in [0.1, 0.15) is 5.82 Å². The van der Waals surface area contributed by atoms with Gasteiger partial charge >= 0.3 is 0 Å². The third-order valence-corrected chi connectivity index (χ3v) is 1.99. The molecule has 0 spiro atoms. The van der Waals surface area contributed by atoms with Crippen molar-refractivity contribution in [2.45, 2.75) is 13.3 Å². The highest BCUT2D eigenvalue weighted by Gasteiger charge is 2.12. The maximum atomic E-state index is 11.8. The lowest BCUT2D eigenvalue weighted by atomic mass is 10.2. The van der Waals surface area contributed by atoms with Crippen molar-refractivity contribution >= 4 is 11.7 Å². The minimum Gasteiger partial charge on any atom is -0.369 e. The molecule has 0 fully saturated rings. The predicted octanol–water partition coefficient (Wildman–Crippen LogP) is 1.61. The van der Waals surface area contributed by atoms with Gasteiger partial charge in [-0.3, -0.25) is 4.79 Å². The van der Waals surface area contributed by atoms with Crippen LogP contribution in [0.2, 0.25) is 0 Å². The lowest BCUT2D eigenvalue weighted by Gasteiger charge is -2.13. The van der Waals surface area contributed by atoms with Crippen molar-refractivity contribution < 1.29 is 4.79 Å². The van der Waals surface area contributed by atoms with E-state index in [0.717, 1.165) is 13.0 Å². The Kier molecular flexibility index (Phi) is 4.09. The van der Waals surface area contributed by atoms with E-state index in [9.17, 15) is 4.79 Å². The fraction of sp³-hybridized carbons (Fsp3) is 0.455. The van der Waals surface area contributed by atoms with Crippen LogP contribution in [0.25, 0.3) is 0 Å². The molecule has 1 heterocycles. The highest BCUT2D eigenvalue weighted by Crippen LogP contribution is 2.12. The Bertz CT molecular complexity index is 336. The predicted molar refractivity (Wildman–Crippen MR) is 61.0 cm³/mol. The highest BCUT2D eigenvalue weighted by molar-refractivity contribution is 5.98. The zero-order valence-corrected chi connectivity index (χ0v) is 9.45. The summed E-state index contributed by atoms with van der Waals surface area (Å²) in [5, 5.41) is 3.14. The molecule has 0 aliphatic carbocycles. The summed E-state index contributed by atoms with van der Waals surface area (Å²) in [4.78, 5) is 17.5. The second kappa shape index (κ2) is 5.34. The molecule has 0 aliphatic heterocycles. The van der Waals surface area contributed by atoms with Crippen LogP contribution < -0.4 is 5.32 Å². The number of carbonyl (C=O) groups is 1. The number of rotatable bonds is 4. The quantitative estimate of drug-likeness (QED) is 0.815. The number of nitrogens with zero attached hydrogens (tertiary/aromatic N) is 2. The van der Waals surface area contributed by atoms with Gasteiger partial charge < -0.3 is 10.2 Å². The van der Waals surface area contributed by atoms with Gasteiger partial charge in [-0.2, -0.15) is 0 Å². The van der Waals surface area contributed by atoms with E-state index in [2.05, 4.69) is 17.2 Å². The number of amides is 1. The van der Waals surface area contributed by atoms with Crippen LogP contribution in [-0.4, -0.2) is 36.4 Å². The van der Waals surface area contributed by atoms with Gasteiger partial charge in [0.05, 0.1) is 5.56 Å². The van der Waals surface area contributed by atoms with E-state index in [-0.39, 0.29) is 5.91 Å². The minimum absolute atomic E-state index is 0.0262. The fourth-order valence-electron chi connectivity index (χ4n) is 1.20. The van der Waals surface area contributed by atoms with Crippen LogP contribution in [0.4, 0.5) is 5.82 Å². The Hall–Kier alpha value is -1.58. The summed E-state index contributed by atoms with van der Waals surface area (Å²) in [6.45, 7) is 2.90. The average Bonchev–Trinajstić information content (AvgIpc) is 2.25. The van der Waals surface area contributed by atoms with E-state index in [0.29, 0.717) is 11.4 Å². The van der Waals surface area contributed by atoms with Crippen LogP contribution in [0.1, 0.15) is 23.7 Å². The normalized spacial score (nSPS) is 9.80. The molecule has 15 heavy (non-hydrogen) atoms. The van der Waals surface area contributed by atoms with E-state index in [1.165, 1.54) is 0 Å². The van der Waals surface area contributed by atoms with Gasteiger partial charge in [0, 0.05) is 26.8 Å². The molecule has 0 saturated heterocycles. The summed E-state index contributed by atoms with van der Waals surface area (Å²) in [7, 11) is 3.47. The molecule has 4 heteroatoms. The molecule has 0 aliphatic rings. The van der Waals surface area contributed by atoms with Crippen LogP contribution in [0, 0.1) is 0 Å². The summed E-state index contributed by atoms with van der Waals surface area (Å²) in [5.74, 6) is 0.639. The molecule has 0 aromatic carbocycles. The first-order chi connectivity index (χ1) is 7.16. The van der Waals surface area contributed by atoms with Gasteiger partial charge in [-0.1, -0.05) is 6.92 Å². The monoisotopic (exact) mass is 207 g/mol. The van der Waals surface area contributed by atoms with E-state index in [1.54, 1.807) is 37.3 Å². The number of carbonyl (C=O) groups excluding carboxylic acids is 1. The molecule has 1 aromatic rings. The van der Waals surface area contributed by atoms with Crippen molar-refractivity contribution in [3.63, 3.8) is 0 Å². The first kappa shape index (κ1) is 11.5. The first-order valence-corrected chi connectivity index (χ1v) is 5.07. The molecule has 1 aromatic heterocycles. The molecule has 82 valence electrons. The summed E-state index contributed by atoms with van der Waals surface area (Å²) in [6.07, 6.45) is 2.69. The van der Waals surface area contributed by atoms with E-state index >= 15 is 0 Å². The van der Waals surface area contributed by atoms with Crippen LogP contribution in [-0.2, 0) is 0 Å². The van der Waals surface area contributed by atoms with Gasteiger partial charge in [-0.05, 0) is 18.6 Å². The molecule has 1 amide bonds. The van der Waals surface area contributed by atoms with Gasteiger partial charge in [0.15, 0.2) is 0 Å². The maximum absolute atomic E-state index is 11.8. The van der Waals surface area contributed by atoms with Crippen LogP contribution >= 0.6 is 0 Å². The number of nitrogens with one attached hydrogen (secondary N) is 1. The Labute approximate surface area is 90.3 Å². The Morgan fingerprint density at radius 1 is 1.53 bits per heavy atom. The minimum atomic E-state index is -0.0262. The lowest BCUT2D eigenvalue weighted by Crippen LogP contribution is -2.23. The summed E-state index contributed by atoms with van der Waals surface area (Å²) in [6, 6.07) is 3.56. The van der Waals surface area contributed by atoms with Gasteiger partial charge in [-0.15, -0.1) is 0 Å². The first-order valence-electron chi connectivity index (χ1n) is 5.07. The van der Waals surface area contributed by atoms with E-state index < -0.39 is 0 Å². The number of hydrogen-bond donors (Lipinski definition) is 1. The Morgan fingerprint density at radius 2 is 2.27 bits per heavy atom. The van der Waals surface area contributed by atoms with Gasteiger partial charge in [0.25, 0.3) is 5.91 Å². The maximum Gasteiger partial charge on any atom is 0.257 e. The van der Waals surface area contributed by atoms with Crippen molar-refractivity contribution in [1.29, 1.82) is 0 Å². The molecular formula is C11H17N3O. The zero-order chi connectivity index (χ0) is 11.3. The molecule has 0 atom stereocenters. The SMILES string of the molecule is CCCNc1ncccc1C(=O)N(C)C. The zero-order valence-electron chi connectivity index (χ0n) is 9.45. The molecule has 4 nitrogen and oxygen atoms in total. The van der Waals surface area contributed by atoms with Crippen LogP contribution in [0.15, 0.2) is 18.3 Å². The Balaban J connectivity index is 2.90. The second-order valence-electron chi connectivity index (χ2n) is 3.53. The smallest absolute Gasteiger partial charge is 0.257 e. The Morgan fingerprint density at radius 3 is 2.87 bits per heavy atom. The molecule has 1 N–H and O–H groups in total. The van der Waals surface area contributed by atoms with E-state index in [4.69, 9.17) is 0 Å². The van der Waals surface area contributed by atoms with Crippen molar-refractivity contribution in [1.82, 2.24) is 9.88 Å². The van der Waals surface area contributed by atoms with Crippen molar-refractivity contribution in [2.24, 2.45) is 0 Å². The average molecular weight is 207 g/mol.